The summed E-state index contributed by atoms with van der Waals surface area (Å²) in [5.41, 5.74) is 0. The maximum absolute atomic E-state index is 12.2. The Morgan fingerprint density at radius 1 is 0.875 bits per heavy atom. The van der Waals surface area contributed by atoms with E-state index in [4.69, 9.17) is 0 Å². The summed E-state index contributed by atoms with van der Waals surface area (Å²) < 4.78 is 63.2. The summed E-state index contributed by atoms with van der Waals surface area (Å²) in [7, 11) is -8.45. The van der Waals surface area contributed by atoms with Crippen molar-refractivity contribution < 1.29 is 44.4 Å². The summed E-state index contributed by atoms with van der Waals surface area (Å²) in [4.78, 5) is -1.44. The molecular weight excluding hydrogens is 347 g/mol. The first-order valence-corrected chi connectivity index (χ1v) is 9.28. The van der Waals surface area contributed by atoms with Crippen molar-refractivity contribution in [2.45, 2.75) is 9.79 Å². The monoisotopic (exact) mass is 358 g/mol. The van der Waals surface area contributed by atoms with E-state index in [1.807, 2.05) is 12.1 Å². The predicted molar refractivity (Wildman–Crippen MR) is 83.6 cm³/mol. The van der Waals surface area contributed by atoms with Gasteiger partial charge >= 0.3 is 18.9 Å². The smallest absolute Gasteiger partial charge is 0.744 e. The summed E-state index contributed by atoms with van der Waals surface area (Å²) in [5.74, 6) is 0. The first-order valence-electron chi connectivity index (χ1n) is 6.46. The predicted octanol–water partition coefficient (Wildman–Crippen LogP) is -0.764. The SMILES string of the molecule is COS(=O)(=O)c1c(S(=O)(=O)[O-])ccc2cc3ccccc3cc12.[Li+]. The van der Waals surface area contributed by atoms with Crippen LogP contribution >= 0.6 is 0 Å². The molecule has 0 aliphatic rings. The Labute approximate surface area is 151 Å². The van der Waals surface area contributed by atoms with Crippen LogP contribution in [0.3, 0.4) is 0 Å². The van der Waals surface area contributed by atoms with Crippen LogP contribution in [0.5, 0.6) is 0 Å². The molecule has 0 spiro atoms. The zero-order valence-corrected chi connectivity index (χ0v) is 14.5. The molecule has 0 aliphatic heterocycles. The van der Waals surface area contributed by atoms with Crippen molar-refractivity contribution in [2.24, 2.45) is 0 Å². The molecule has 6 nitrogen and oxygen atoms in total. The summed E-state index contributed by atoms with van der Waals surface area (Å²) in [5, 5.41) is 2.20. The Hall–Kier alpha value is -1.40. The van der Waals surface area contributed by atoms with Crippen LogP contribution in [-0.4, -0.2) is 28.5 Å². The summed E-state index contributed by atoms with van der Waals surface area (Å²) in [6, 6.07) is 12.9. The van der Waals surface area contributed by atoms with Crippen LogP contribution in [0.1, 0.15) is 0 Å². The fourth-order valence-electron chi connectivity index (χ4n) is 2.50. The molecule has 3 aromatic rings. The number of fused-ring (bicyclic) bond motifs is 2. The molecule has 0 N–H and O–H groups in total. The fraction of sp³-hybridized carbons (Fsp3) is 0.0667. The van der Waals surface area contributed by atoms with E-state index in [2.05, 4.69) is 4.18 Å². The van der Waals surface area contributed by atoms with Gasteiger partial charge in [0.25, 0.3) is 10.1 Å². The van der Waals surface area contributed by atoms with E-state index < -0.39 is 30.0 Å². The minimum atomic E-state index is -4.98. The maximum Gasteiger partial charge on any atom is 1.00 e. The molecule has 0 bridgehead atoms. The third-order valence-electron chi connectivity index (χ3n) is 3.54. The zero-order valence-electron chi connectivity index (χ0n) is 12.9. The molecule has 0 saturated heterocycles. The van der Waals surface area contributed by atoms with Crippen LogP contribution in [0, 0.1) is 0 Å². The Morgan fingerprint density at radius 2 is 1.46 bits per heavy atom. The van der Waals surface area contributed by atoms with Gasteiger partial charge in [0.2, 0.25) is 0 Å². The Morgan fingerprint density at radius 3 is 2.00 bits per heavy atom. The first-order chi connectivity index (χ1) is 10.7. The molecular formula is C15H11LiO6S2. The standard InChI is InChI=1S/C15H12O6S2.Li/c1-21-23(19,20)15-13-9-11-5-3-2-4-10(11)8-12(13)6-7-14(15)22(16,17)18;/h2-9H,1H3,(H,16,17,18);/q;+1/p-1. The van der Waals surface area contributed by atoms with Crippen molar-refractivity contribution in [1.82, 2.24) is 0 Å². The molecule has 0 amide bonds. The molecule has 0 atom stereocenters. The van der Waals surface area contributed by atoms with Gasteiger partial charge in [-0.25, -0.2) is 8.42 Å². The summed E-state index contributed by atoms with van der Waals surface area (Å²) in [6.07, 6.45) is 0. The molecule has 0 fully saturated rings. The molecule has 3 rings (SSSR count). The molecule has 0 unspecified atom stereocenters. The Bertz CT molecular complexity index is 1140. The van der Waals surface area contributed by atoms with Crippen LogP contribution < -0.4 is 18.9 Å². The number of benzene rings is 3. The normalized spacial score (nSPS) is 12.2. The van der Waals surface area contributed by atoms with Crippen LogP contribution in [0.2, 0.25) is 0 Å². The van der Waals surface area contributed by atoms with Gasteiger partial charge in [-0.2, -0.15) is 8.42 Å². The van der Waals surface area contributed by atoms with E-state index in [-0.39, 0.29) is 24.2 Å². The topological polar surface area (TPSA) is 101 Å². The van der Waals surface area contributed by atoms with Crippen LogP contribution in [0.4, 0.5) is 0 Å². The van der Waals surface area contributed by atoms with Crippen LogP contribution in [0.15, 0.2) is 58.3 Å². The van der Waals surface area contributed by atoms with Gasteiger partial charge in [0.15, 0.2) is 0 Å². The molecule has 0 heterocycles. The van der Waals surface area contributed by atoms with Gasteiger partial charge in [-0.05, 0) is 34.4 Å². The van der Waals surface area contributed by atoms with E-state index >= 15 is 0 Å². The van der Waals surface area contributed by atoms with E-state index in [0.29, 0.717) is 10.8 Å². The van der Waals surface area contributed by atoms with Gasteiger partial charge in [0.1, 0.15) is 15.0 Å². The van der Waals surface area contributed by atoms with Crippen LogP contribution in [-0.2, 0) is 24.4 Å². The fourth-order valence-corrected chi connectivity index (χ4v) is 4.62. The summed E-state index contributed by atoms with van der Waals surface area (Å²) in [6.45, 7) is 0. The molecule has 0 saturated carbocycles. The second-order valence-corrected chi connectivity index (χ2v) is 7.89. The molecule has 0 aliphatic carbocycles. The minimum Gasteiger partial charge on any atom is -0.744 e. The molecule has 9 heteroatoms. The van der Waals surface area contributed by atoms with E-state index in [1.165, 1.54) is 12.1 Å². The Kier molecular flexibility index (Phi) is 5.11. The molecule has 0 aromatic heterocycles. The number of rotatable bonds is 3. The largest absolute Gasteiger partial charge is 1.00 e. The molecule has 120 valence electrons. The number of hydrogen-bond acceptors (Lipinski definition) is 6. The second kappa shape index (κ2) is 6.48. The molecule has 24 heavy (non-hydrogen) atoms. The van der Waals surface area contributed by atoms with E-state index in [0.717, 1.165) is 18.6 Å². The van der Waals surface area contributed by atoms with Gasteiger partial charge in [-0.15, -0.1) is 0 Å². The molecule has 0 radical (unpaired) electrons. The molecule has 3 aromatic carbocycles. The van der Waals surface area contributed by atoms with Crippen molar-refractivity contribution in [3.63, 3.8) is 0 Å². The maximum atomic E-state index is 12.2. The van der Waals surface area contributed by atoms with Crippen molar-refractivity contribution in [3.05, 3.63) is 48.5 Å². The zero-order chi connectivity index (χ0) is 16.8. The van der Waals surface area contributed by atoms with Crippen molar-refractivity contribution >= 4 is 41.8 Å². The van der Waals surface area contributed by atoms with Gasteiger partial charge < -0.3 is 4.55 Å². The third kappa shape index (κ3) is 3.22. The van der Waals surface area contributed by atoms with E-state index in [9.17, 15) is 21.4 Å². The second-order valence-electron chi connectivity index (χ2n) is 4.89. The van der Waals surface area contributed by atoms with Gasteiger partial charge in [0.05, 0.1) is 12.0 Å². The third-order valence-corrected chi connectivity index (χ3v) is 5.93. The Balaban J connectivity index is 0.00000208. The van der Waals surface area contributed by atoms with E-state index in [1.54, 1.807) is 18.2 Å². The van der Waals surface area contributed by atoms with Crippen molar-refractivity contribution in [3.8, 4) is 0 Å². The van der Waals surface area contributed by atoms with Gasteiger partial charge in [-0.1, -0.05) is 30.3 Å². The van der Waals surface area contributed by atoms with Crippen molar-refractivity contribution in [1.29, 1.82) is 0 Å². The van der Waals surface area contributed by atoms with Crippen LogP contribution in [0.25, 0.3) is 21.5 Å². The average molecular weight is 358 g/mol. The van der Waals surface area contributed by atoms with Crippen molar-refractivity contribution in [2.75, 3.05) is 7.11 Å². The van der Waals surface area contributed by atoms with Gasteiger partial charge in [0, 0.05) is 5.39 Å². The summed E-state index contributed by atoms with van der Waals surface area (Å²) >= 11 is 0. The van der Waals surface area contributed by atoms with Gasteiger partial charge in [-0.3, -0.25) is 4.18 Å². The number of hydrogen-bond donors (Lipinski definition) is 0. The minimum absolute atomic E-state index is 0. The quantitative estimate of drug-likeness (QED) is 0.264. The average Bonchev–Trinajstić information content (AvgIpc) is 2.50. The first kappa shape index (κ1) is 18.9.